The molecule has 1 atom stereocenters. The summed E-state index contributed by atoms with van der Waals surface area (Å²) in [5.41, 5.74) is 5.99. The van der Waals surface area contributed by atoms with Crippen LogP contribution in [0.4, 0.5) is 10.8 Å². The molecule has 0 unspecified atom stereocenters. The average Bonchev–Trinajstić information content (AvgIpc) is 3.29. The minimum absolute atomic E-state index is 0.0249. The van der Waals surface area contributed by atoms with Gasteiger partial charge in [0, 0.05) is 30.1 Å². The van der Waals surface area contributed by atoms with Crippen LogP contribution in [0.5, 0.6) is 0 Å². The van der Waals surface area contributed by atoms with Gasteiger partial charge in [-0.05, 0) is 74.2 Å². The molecule has 0 aliphatic carbocycles. The van der Waals surface area contributed by atoms with E-state index in [1.165, 1.54) is 11.3 Å². The molecule has 4 rings (SSSR count). The lowest BCUT2D eigenvalue weighted by molar-refractivity contribution is -0.117. The topological polar surface area (TPSA) is 75.2 Å². The first kappa shape index (κ1) is 20.2. The van der Waals surface area contributed by atoms with Crippen LogP contribution in [-0.4, -0.2) is 28.6 Å². The summed E-state index contributed by atoms with van der Waals surface area (Å²) in [7, 11) is 0. The lowest BCUT2D eigenvalue weighted by Crippen LogP contribution is -2.24. The van der Waals surface area contributed by atoms with Crippen LogP contribution >= 0.6 is 11.3 Å². The molecule has 2 heterocycles. The number of benzene rings is 2. The molecule has 1 fully saturated rings. The maximum Gasteiger partial charge on any atom is 0.257 e. The van der Waals surface area contributed by atoms with E-state index < -0.39 is 0 Å². The van der Waals surface area contributed by atoms with E-state index in [1.807, 2.05) is 56.9 Å². The Morgan fingerprint density at radius 2 is 1.77 bits per heavy atom. The van der Waals surface area contributed by atoms with Crippen molar-refractivity contribution in [3.8, 4) is 0 Å². The van der Waals surface area contributed by atoms with Crippen molar-refractivity contribution in [1.29, 1.82) is 0 Å². The van der Waals surface area contributed by atoms with E-state index in [9.17, 15) is 9.59 Å². The summed E-state index contributed by atoms with van der Waals surface area (Å²) in [5.74, 6) is -0.149. The molecule has 1 saturated heterocycles. The van der Waals surface area contributed by atoms with Crippen molar-refractivity contribution in [3.63, 3.8) is 0 Å². The lowest BCUT2D eigenvalue weighted by Gasteiger charge is -2.17. The number of rotatable bonds is 4. The SMILES string of the molecule is Cc1cc(C)cc(N2C[C@H](c3nnc(NC(=O)c4ccc(C)c(C)c4)s3)CC2=O)c1. The number of hydrogen-bond acceptors (Lipinski definition) is 5. The molecule has 0 spiro atoms. The van der Waals surface area contributed by atoms with Gasteiger partial charge in [-0.15, -0.1) is 10.2 Å². The van der Waals surface area contributed by atoms with Crippen LogP contribution in [0.1, 0.15) is 50.0 Å². The van der Waals surface area contributed by atoms with E-state index in [1.54, 1.807) is 6.07 Å². The van der Waals surface area contributed by atoms with Gasteiger partial charge in [-0.1, -0.05) is 23.5 Å². The predicted octanol–water partition coefficient (Wildman–Crippen LogP) is 4.54. The van der Waals surface area contributed by atoms with Crippen molar-refractivity contribution < 1.29 is 9.59 Å². The third kappa shape index (κ3) is 4.11. The smallest absolute Gasteiger partial charge is 0.257 e. The first-order chi connectivity index (χ1) is 14.3. The number of aromatic nitrogens is 2. The summed E-state index contributed by atoms with van der Waals surface area (Å²) in [6.07, 6.45) is 0.396. The van der Waals surface area contributed by atoms with Gasteiger partial charge < -0.3 is 4.90 Å². The van der Waals surface area contributed by atoms with E-state index in [0.29, 0.717) is 23.7 Å². The number of nitrogens with one attached hydrogen (secondary N) is 1. The second kappa shape index (κ2) is 7.99. The fourth-order valence-electron chi connectivity index (χ4n) is 3.73. The van der Waals surface area contributed by atoms with Crippen LogP contribution in [0.3, 0.4) is 0 Å². The quantitative estimate of drug-likeness (QED) is 0.672. The number of carbonyl (C=O) groups excluding carboxylic acids is 2. The van der Waals surface area contributed by atoms with Crippen molar-refractivity contribution in [2.75, 3.05) is 16.8 Å². The molecule has 0 radical (unpaired) electrons. The highest BCUT2D eigenvalue weighted by Gasteiger charge is 2.34. The Kier molecular flexibility index (Phi) is 5.39. The van der Waals surface area contributed by atoms with Crippen LogP contribution < -0.4 is 10.2 Å². The zero-order valence-electron chi connectivity index (χ0n) is 17.5. The third-order valence-electron chi connectivity index (χ3n) is 5.42. The minimum Gasteiger partial charge on any atom is -0.312 e. The molecule has 0 bridgehead atoms. The Bertz CT molecular complexity index is 1120. The predicted molar refractivity (Wildman–Crippen MR) is 119 cm³/mol. The van der Waals surface area contributed by atoms with Gasteiger partial charge in [-0.2, -0.15) is 0 Å². The Morgan fingerprint density at radius 1 is 1.03 bits per heavy atom. The second-order valence-corrected chi connectivity index (χ2v) is 8.96. The number of carbonyl (C=O) groups is 2. The molecule has 1 aromatic heterocycles. The molecular weight excluding hydrogens is 396 g/mol. The fourth-order valence-corrected chi connectivity index (χ4v) is 4.56. The van der Waals surface area contributed by atoms with Crippen molar-refractivity contribution in [3.05, 3.63) is 69.2 Å². The van der Waals surface area contributed by atoms with Crippen molar-refractivity contribution >= 4 is 34.0 Å². The first-order valence-corrected chi connectivity index (χ1v) is 10.7. The number of nitrogens with zero attached hydrogens (tertiary/aromatic N) is 3. The number of hydrogen-bond donors (Lipinski definition) is 1. The van der Waals surface area contributed by atoms with Crippen LogP contribution in [0.2, 0.25) is 0 Å². The Morgan fingerprint density at radius 3 is 2.47 bits per heavy atom. The second-order valence-electron chi connectivity index (χ2n) is 7.95. The highest BCUT2D eigenvalue weighted by atomic mass is 32.1. The summed E-state index contributed by atoms with van der Waals surface area (Å²) >= 11 is 1.33. The minimum atomic E-state index is -0.208. The monoisotopic (exact) mass is 420 g/mol. The van der Waals surface area contributed by atoms with Gasteiger partial charge in [0.1, 0.15) is 5.01 Å². The molecule has 7 heteroatoms. The van der Waals surface area contributed by atoms with Crippen molar-refractivity contribution in [1.82, 2.24) is 10.2 Å². The summed E-state index contributed by atoms with van der Waals surface area (Å²) in [4.78, 5) is 27.0. The Balaban J connectivity index is 1.47. The molecule has 154 valence electrons. The zero-order chi connectivity index (χ0) is 21.4. The molecule has 3 aromatic rings. The lowest BCUT2D eigenvalue weighted by atomic mass is 10.1. The van der Waals surface area contributed by atoms with Gasteiger partial charge in [0.2, 0.25) is 11.0 Å². The van der Waals surface area contributed by atoms with E-state index in [-0.39, 0.29) is 17.7 Å². The molecule has 30 heavy (non-hydrogen) atoms. The van der Waals surface area contributed by atoms with E-state index in [0.717, 1.165) is 32.9 Å². The van der Waals surface area contributed by atoms with Gasteiger partial charge >= 0.3 is 0 Å². The largest absolute Gasteiger partial charge is 0.312 e. The van der Waals surface area contributed by atoms with Gasteiger partial charge in [-0.3, -0.25) is 14.9 Å². The van der Waals surface area contributed by atoms with E-state index in [4.69, 9.17) is 0 Å². The molecule has 1 aliphatic heterocycles. The fraction of sp³-hybridized carbons (Fsp3) is 0.304. The maximum atomic E-state index is 12.6. The Labute approximate surface area is 180 Å². The number of amides is 2. The summed E-state index contributed by atoms with van der Waals surface area (Å²) in [5, 5.41) is 12.4. The van der Waals surface area contributed by atoms with Crippen LogP contribution in [0, 0.1) is 27.7 Å². The number of anilines is 2. The van der Waals surface area contributed by atoms with E-state index >= 15 is 0 Å². The van der Waals surface area contributed by atoms with E-state index in [2.05, 4.69) is 21.6 Å². The molecular formula is C23H24N4O2S. The maximum absolute atomic E-state index is 12.6. The highest BCUT2D eigenvalue weighted by molar-refractivity contribution is 7.15. The van der Waals surface area contributed by atoms with Gasteiger partial charge in [-0.25, -0.2) is 0 Å². The van der Waals surface area contributed by atoms with Crippen LogP contribution in [0.15, 0.2) is 36.4 Å². The Hall–Kier alpha value is -3.06. The summed E-state index contributed by atoms with van der Waals surface area (Å²) in [6, 6.07) is 11.8. The molecule has 2 amide bonds. The third-order valence-corrected chi connectivity index (χ3v) is 6.42. The standard InChI is InChI=1S/C23H24N4O2S/c1-13-7-14(2)9-19(8-13)27-12-18(11-20(27)28)22-25-26-23(30-22)24-21(29)17-6-5-15(3)16(4)10-17/h5-10,18H,11-12H2,1-4H3,(H,24,26,29)/t18-/m1/s1. The highest BCUT2D eigenvalue weighted by Crippen LogP contribution is 2.35. The average molecular weight is 421 g/mol. The molecule has 1 N–H and O–H groups in total. The summed E-state index contributed by atoms with van der Waals surface area (Å²) < 4.78 is 0. The van der Waals surface area contributed by atoms with Crippen LogP contribution in [-0.2, 0) is 4.79 Å². The van der Waals surface area contributed by atoms with Gasteiger partial charge in [0.25, 0.3) is 5.91 Å². The molecule has 0 saturated carbocycles. The van der Waals surface area contributed by atoms with Crippen LogP contribution in [0.25, 0.3) is 0 Å². The molecule has 1 aliphatic rings. The van der Waals surface area contributed by atoms with Crippen molar-refractivity contribution in [2.45, 2.75) is 40.0 Å². The normalized spacial score (nSPS) is 16.2. The zero-order valence-corrected chi connectivity index (χ0v) is 18.3. The number of aryl methyl sites for hydroxylation is 4. The molecule has 6 nitrogen and oxygen atoms in total. The summed E-state index contributed by atoms with van der Waals surface area (Å²) in [6.45, 7) is 8.63. The van der Waals surface area contributed by atoms with Gasteiger partial charge in [0.05, 0.1) is 0 Å². The first-order valence-electron chi connectivity index (χ1n) is 9.91. The molecule has 2 aromatic carbocycles. The van der Waals surface area contributed by atoms with Crippen molar-refractivity contribution in [2.24, 2.45) is 0 Å². The van der Waals surface area contributed by atoms with Gasteiger partial charge in [0.15, 0.2) is 0 Å².